The van der Waals surface area contributed by atoms with Crippen LogP contribution in [0.5, 0.6) is 0 Å². The van der Waals surface area contributed by atoms with Crippen molar-refractivity contribution in [3.8, 4) is 0 Å². The molecule has 0 saturated heterocycles. The first-order chi connectivity index (χ1) is 7.42. The lowest BCUT2D eigenvalue weighted by atomic mass is 9.99. The second-order valence-corrected chi connectivity index (χ2v) is 4.91. The third kappa shape index (κ3) is 1.87. The summed E-state index contributed by atoms with van der Waals surface area (Å²) < 4.78 is 1.66. The Balaban J connectivity index is 2.26. The number of aryl methyl sites for hydroxylation is 1. The van der Waals surface area contributed by atoms with E-state index in [-0.39, 0.29) is 11.4 Å². The second-order valence-electron chi connectivity index (χ2n) is 4.91. The molecule has 1 saturated carbocycles. The maximum absolute atomic E-state index is 10.8. The normalized spacial score (nSPS) is 16.2. The van der Waals surface area contributed by atoms with Crippen molar-refractivity contribution in [1.29, 1.82) is 0 Å². The number of hydrogen-bond acceptors (Lipinski definition) is 4. The van der Waals surface area contributed by atoms with E-state index >= 15 is 0 Å². The van der Waals surface area contributed by atoms with Crippen molar-refractivity contribution in [2.45, 2.75) is 32.2 Å². The molecule has 88 valence electrons. The van der Waals surface area contributed by atoms with Crippen molar-refractivity contribution in [3.63, 3.8) is 0 Å². The highest BCUT2D eigenvalue weighted by atomic mass is 16.6. The largest absolute Gasteiger partial charge is 0.406 e. The molecule has 2 rings (SSSR count). The molecule has 1 aromatic rings. The lowest BCUT2D eigenvalue weighted by Crippen LogP contribution is -2.34. The summed E-state index contributed by atoms with van der Waals surface area (Å²) in [4.78, 5) is 14.1. The van der Waals surface area contributed by atoms with Gasteiger partial charge < -0.3 is 15.4 Å². The zero-order valence-electron chi connectivity index (χ0n) is 9.73. The fourth-order valence-electron chi connectivity index (χ4n) is 1.91. The Morgan fingerprint density at radius 1 is 1.62 bits per heavy atom. The van der Waals surface area contributed by atoms with Crippen molar-refractivity contribution in [2.75, 3.05) is 5.32 Å². The van der Waals surface area contributed by atoms with E-state index in [2.05, 4.69) is 24.1 Å². The standard InChI is InChI=1S/C10H16N4O2/c1-10(2,7-4-5-7)12-9-8(14(15)16)11-6-13(9)3/h6-7,12H,4-5H2,1-3H3. The van der Waals surface area contributed by atoms with Gasteiger partial charge in [0, 0.05) is 12.6 Å². The van der Waals surface area contributed by atoms with E-state index in [9.17, 15) is 10.1 Å². The van der Waals surface area contributed by atoms with Gasteiger partial charge in [-0.2, -0.15) is 0 Å². The minimum Gasteiger partial charge on any atom is -0.359 e. The predicted molar refractivity (Wildman–Crippen MR) is 60.3 cm³/mol. The summed E-state index contributed by atoms with van der Waals surface area (Å²) in [5, 5.41) is 14.0. The van der Waals surface area contributed by atoms with Gasteiger partial charge in [-0.15, -0.1) is 0 Å². The summed E-state index contributed by atoms with van der Waals surface area (Å²) in [5.74, 6) is 0.986. The number of nitrogens with one attached hydrogen (secondary N) is 1. The van der Waals surface area contributed by atoms with Crippen LogP contribution in [0.15, 0.2) is 6.33 Å². The zero-order valence-corrected chi connectivity index (χ0v) is 9.73. The molecule has 6 heteroatoms. The molecule has 0 atom stereocenters. The predicted octanol–water partition coefficient (Wildman–Crippen LogP) is 1.93. The minimum atomic E-state index is -0.453. The number of nitrogens with zero attached hydrogens (tertiary/aromatic N) is 3. The van der Waals surface area contributed by atoms with Crippen molar-refractivity contribution in [1.82, 2.24) is 9.55 Å². The molecule has 0 unspecified atom stereocenters. The zero-order chi connectivity index (χ0) is 11.9. The number of aromatic nitrogens is 2. The Morgan fingerprint density at radius 3 is 2.75 bits per heavy atom. The molecule has 0 amide bonds. The van der Waals surface area contributed by atoms with E-state index in [1.807, 2.05) is 0 Å². The van der Waals surface area contributed by atoms with Crippen LogP contribution in [0.4, 0.5) is 11.6 Å². The average molecular weight is 224 g/mol. The van der Waals surface area contributed by atoms with Crippen LogP contribution in [-0.4, -0.2) is 20.0 Å². The van der Waals surface area contributed by atoms with E-state index in [0.29, 0.717) is 11.7 Å². The molecule has 0 bridgehead atoms. The van der Waals surface area contributed by atoms with E-state index in [4.69, 9.17) is 0 Å². The van der Waals surface area contributed by atoms with Crippen LogP contribution in [-0.2, 0) is 7.05 Å². The van der Waals surface area contributed by atoms with Gasteiger partial charge in [-0.3, -0.25) is 4.57 Å². The molecule has 1 fully saturated rings. The summed E-state index contributed by atoms with van der Waals surface area (Å²) >= 11 is 0. The van der Waals surface area contributed by atoms with Gasteiger partial charge in [-0.25, -0.2) is 0 Å². The Kier molecular flexibility index (Phi) is 2.36. The molecule has 1 heterocycles. The van der Waals surface area contributed by atoms with Gasteiger partial charge in [0.1, 0.15) is 0 Å². The van der Waals surface area contributed by atoms with E-state index in [0.717, 1.165) is 0 Å². The van der Waals surface area contributed by atoms with Crippen LogP contribution >= 0.6 is 0 Å². The van der Waals surface area contributed by atoms with Crippen LogP contribution in [0.1, 0.15) is 26.7 Å². The minimum absolute atomic E-state index is 0.101. The third-order valence-electron chi connectivity index (χ3n) is 3.13. The molecule has 1 N–H and O–H groups in total. The first kappa shape index (κ1) is 10.9. The lowest BCUT2D eigenvalue weighted by Gasteiger charge is -2.26. The molecule has 1 aliphatic rings. The maximum atomic E-state index is 10.8. The Morgan fingerprint density at radius 2 is 2.25 bits per heavy atom. The highest BCUT2D eigenvalue weighted by Gasteiger charge is 2.39. The summed E-state index contributed by atoms with van der Waals surface area (Å²) in [6.45, 7) is 4.14. The fraction of sp³-hybridized carbons (Fsp3) is 0.700. The van der Waals surface area contributed by atoms with Gasteiger partial charge in [-0.05, 0) is 42.5 Å². The Labute approximate surface area is 93.8 Å². The van der Waals surface area contributed by atoms with Crippen LogP contribution in [0.2, 0.25) is 0 Å². The average Bonchev–Trinajstić information content (AvgIpc) is 2.94. The molecule has 0 spiro atoms. The molecule has 16 heavy (non-hydrogen) atoms. The highest BCUT2D eigenvalue weighted by Crippen LogP contribution is 2.41. The van der Waals surface area contributed by atoms with E-state index < -0.39 is 4.92 Å². The Hall–Kier alpha value is -1.59. The molecule has 0 aliphatic heterocycles. The first-order valence-corrected chi connectivity index (χ1v) is 5.35. The van der Waals surface area contributed by atoms with E-state index in [1.165, 1.54) is 19.2 Å². The summed E-state index contributed by atoms with van der Waals surface area (Å²) in [6.07, 6.45) is 3.83. The number of rotatable bonds is 4. The van der Waals surface area contributed by atoms with Crippen molar-refractivity contribution >= 4 is 11.6 Å². The van der Waals surface area contributed by atoms with Crippen molar-refractivity contribution in [3.05, 3.63) is 16.4 Å². The fourth-order valence-corrected chi connectivity index (χ4v) is 1.91. The number of hydrogen-bond donors (Lipinski definition) is 1. The van der Waals surface area contributed by atoms with Crippen LogP contribution in [0.3, 0.4) is 0 Å². The number of nitro groups is 1. The van der Waals surface area contributed by atoms with Gasteiger partial charge >= 0.3 is 5.82 Å². The molecular formula is C10H16N4O2. The monoisotopic (exact) mass is 224 g/mol. The highest BCUT2D eigenvalue weighted by molar-refractivity contribution is 5.53. The van der Waals surface area contributed by atoms with Crippen LogP contribution in [0.25, 0.3) is 0 Å². The lowest BCUT2D eigenvalue weighted by molar-refractivity contribution is -0.388. The molecule has 6 nitrogen and oxygen atoms in total. The SMILES string of the molecule is Cn1cnc([N+](=O)[O-])c1NC(C)(C)C1CC1. The maximum Gasteiger partial charge on any atom is 0.406 e. The molecule has 1 aliphatic carbocycles. The van der Waals surface area contributed by atoms with Crippen molar-refractivity contribution in [2.24, 2.45) is 13.0 Å². The summed E-state index contributed by atoms with van der Waals surface area (Å²) in [6, 6.07) is 0. The van der Waals surface area contributed by atoms with Crippen LogP contribution < -0.4 is 5.32 Å². The molecule has 0 aromatic carbocycles. The van der Waals surface area contributed by atoms with Gasteiger partial charge in [0.15, 0.2) is 0 Å². The first-order valence-electron chi connectivity index (χ1n) is 5.35. The van der Waals surface area contributed by atoms with Gasteiger partial charge in [-0.1, -0.05) is 0 Å². The second kappa shape index (κ2) is 3.47. The van der Waals surface area contributed by atoms with Crippen molar-refractivity contribution < 1.29 is 4.92 Å². The molecular weight excluding hydrogens is 208 g/mol. The molecule has 1 aromatic heterocycles. The third-order valence-corrected chi connectivity index (χ3v) is 3.13. The van der Waals surface area contributed by atoms with Gasteiger partial charge in [0.25, 0.3) is 0 Å². The Bertz CT molecular complexity index is 420. The quantitative estimate of drug-likeness (QED) is 0.626. The van der Waals surface area contributed by atoms with Crippen LogP contribution in [0, 0.1) is 16.0 Å². The number of anilines is 1. The van der Waals surface area contributed by atoms with Gasteiger partial charge in [0.05, 0.1) is 0 Å². The molecule has 0 radical (unpaired) electrons. The smallest absolute Gasteiger partial charge is 0.359 e. The topological polar surface area (TPSA) is 73.0 Å². The summed E-state index contributed by atoms with van der Waals surface area (Å²) in [7, 11) is 1.76. The van der Waals surface area contributed by atoms with Gasteiger partial charge in [0.2, 0.25) is 12.1 Å². The van der Waals surface area contributed by atoms with E-state index in [1.54, 1.807) is 11.6 Å². The number of imidazole rings is 1. The summed E-state index contributed by atoms with van der Waals surface area (Å²) in [5.41, 5.74) is -0.113.